The first-order valence-electron chi connectivity index (χ1n) is 12.0. The average Bonchev–Trinajstić information content (AvgIpc) is 3.31. The number of nitriles is 1. The molecule has 5 rings (SSSR count). The highest BCUT2D eigenvalue weighted by atomic mass is 16.5. The van der Waals surface area contributed by atoms with Gasteiger partial charge in [-0.1, -0.05) is 24.6 Å². The molecular weight excluding hydrogens is 382 g/mol. The SMILES string of the molecule is N#Cc1ccc([C@@H]2CN3CCC[C@@H]3c3ccc(OCCCN4CCCCC4)cc32)cc1. The first-order valence-corrected chi connectivity index (χ1v) is 12.0. The first-order chi connectivity index (χ1) is 15.3. The summed E-state index contributed by atoms with van der Waals surface area (Å²) in [5.41, 5.74) is 4.91. The maximum atomic E-state index is 9.16. The maximum absolute atomic E-state index is 9.16. The number of rotatable bonds is 6. The van der Waals surface area contributed by atoms with Crippen molar-refractivity contribution >= 4 is 0 Å². The van der Waals surface area contributed by atoms with Gasteiger partial charge in [-0.25, -0.2) is 0 Å². The fourth-order valence-electron chi connectivity index (χ4n) is 5.71. The van der Waals surface area contributed by atoms with Crippen LogP contribution in [0, 0.1) is 11.3 Å². The van der Waals surface area contributed by atoms with Gasteiger partial charge in [0, 0.05) is 25.0 Å². The van der Waals surface area contributed by atoms with Crippen LogP contribution in [0.25, 0.3) is 0 Å². The van der Waals surface area contributed by atoms with Crippen molar-refractivity contribution < 1.29 is 4.74 Å². The standard InChI is InChI=1S/C27H33N3O/c28-19-21-7-9-22(10-8-21)26-20-30-16-4-6-27(30)24-12-11-23(18-25(24)26)31-17-5-15-29-13-2-1-3-14-29/h7-12,18,26-27H,1-6,13-17,20H2/t26-,27+/m0/s1. The largest absolute Gasteiger partial charge is 0.494 e. The fourth-order valence-corrected chi connectivity index (χ4v) is 5.71. The quantitative estimate of drug-likeness (QED) is 0.616. The zero-order valence-corrected chi connectivity index (χ0v) is 18.4. The molecule has 3 aliphatic heterocycles. The van der Waals surface area contributed by atoms with Crippen LogP contribution in [0.2, 0.25) is 0 Å². The molecule has 0 amide bonds. The Morgan fingerprint density at radius 2 is 1.77 bits per heavy atom. The second-order valence-electron chi connectivity index (χ2n) is 9.33. The number of hydrogen-bond acceptors (Lipinski definition) is 4. The van der Waals surface area contributed by atoms with Crippen LogP contribution < -0.4 is 4.74 Å². The van der Waals surface area contributed by atoms with E-state index >= 15 is 0 Å². The van der Waals surface area contributed by atoms with E-state index in [9.17, 15) is 0 Å². The predicted molar refractivity (Wildman–Crippen MR) is 123 cm³/mol. The molecule has 0 N–H and O–H groups in total. The number of piperidine rings is 1. The molecule has 0 aromatic heterocycles. The van der Waals surface area contributed by atoms with Gasteiger partial charge in [0.15, 0.2) is 0 Å². The molecule has 0 radical (unpaired) electrons. The topological polar surface area (TPSA) is 39.5 Å². The summed E-state index contributed by atoms with van der Waals surface area (Å²) in [7, 11) is 0. The molecule has 2 aromatic carbocycles. The van der Waals surface area contributed by atoms with E-state index in [1.54, 1.807) is 0 Å². The molecule has 3 aliphatic rings. The summed E-state index contributed by atoms with van der Waals surface area (Å²) in [6.45, 7) is 6.68. The number of fused-ring (bicyclic) bond motifs is 3. The molecule has 2 atom stereocenters. The van der Waals surface area contributed by atoms with Crippen LogP contribution in [-0.2, 0) is 0 Å². The monoisotopic (exact) mass is 415 g/mol. The molecule has 162 valence electrons. The van der Waals surface area contributed by atoms with Gasteiger partial charge in [0.2, 0.25) is 0 Å². The molecule has 0 unspecified atom stereocenters. The maximum Gasteiger partial charge on any atom is 0.119 e. The van der Waals surface area contributed by atoms with Gasteiger partial charge in [-0.15, -0.1) is 0 Å². The van der Waals surface area contributed by atoms with Crippen molar-refractivity contribution in [3.05, 3.63) is 64.7 Å². The number of ether oxygens (including phenoxy) is 1. The van der Waals surface area contributed by atoms with Gasteiger partial charge in [-0.2, -0.15) is 5.26 Å². The summed E-state index contributed by atoms with van der Waals surface area (Å²) in [4.78, 5) is 5.22. The van der Waals surface area contributed by atoms with E-state index in [1.807, 2.05) is 12.1 Å². The van der Waals surface area contributed by atoms with Crippen LogP contribution in [0.3, 0.4) is 0 Å². The average molecular weight is 416 g/mol. The van der Waals surface area contributed by atoms with Gasteiger partial charge in [0.1, 0.15) is 5.75 Å². The Hall–Kier alpha value is -2.35. The van der Waals surface area contributed by atoms with Crippen molar-refractivity contribution in [2.45, 2.75) is 50.5 Å². The van der Waals surface area contributed by atoms with Gasteiger partial charge in [0.25, 0.3) is 0 Å². The molecule has 4 nitrogen and oxygen atoms in total. The molecule has 31 heavy (non-hydrogen) atoms. The normalized spacial score (nSPS) is 23.7. The summed E-state index contributed by atoms with van der Waals surface area (Å²) in [6, 6.07) is 17.8. The van der Waals surface area contributed by atoms with Gasteiger partial charge in [-0.05, 0) is 92.7 Å². The van der Waals surface area contributed by atoms with Crippen LogP contribution in [0.4, 0.5) is 0 Å². The molecular formula is C27H33N3O. The van der Waals surface area contributed by atoms with Crippen LogP contribution in [0.1, 0.15) is 72.7 Å². The number of likely N-dealkylation sites (tertiary alicyclic amines) is 1. The molecule has 2 aromatic rings. The Morgan fingerprint density at radius 3 is 2.58 bits per heavy atom. The Kier molecular flexibility index (Phi) is 6.25. The van der Waals surface area contributed by atoms with E-state index in [-0.39, 0.29) is 0 Å². The molecule has 2 fully saturated rings. The van der Waals surface area contributed by atoms with Crippen LogP contribution in [-0.4, -0.2) is 49.1 Å². The van der Waals surface area contributed by atoms with Crippen molar-refractivity contribution in [1.29, 1.82) is 5.26 Å². The van der Waals surface area contributed by atoms with Crippen molar-refractivity contribution in [2.24, 2.45) is 0 Å². The number of benzene rings is 2. The van der Waals surface area contributed by atoms with E-state index in [0.29, 0.717) is 12.0 Å². The predicted octanol–water partition coefficient (Wildman–Crippen LogP) is 5.10. The summed E-state index contributed by atoms with van der Waals surface area (Å²) in [5.74, 6) is 1.34. The molecule has 0 aliphatic carbocycles. The third kappa shape index (κ3) is 4.49. The lowest BCUT2D eigenvalue weighted by molar-refractivity contribution is 0.204. The summed E-state index contributed by atoms with van der Waals surface area (Å²) < 4.78 is 6.21. The van der Waals surface area contributed by atoms with Crippen LogP contribution in [0.5, 0.6) is 5.75 Å². The second kappa shape index (κ2) is 9.42. The number of nitrogens with zero attached hydrogens (tertiary/aromatic N) is 3. The summed E-state index contributed by atoms with van der Waals surface area (Å²) in [5, 5.41) is 9.16. The van der Waals surface area contributed by atoms with Crippen molar-refractivity contribution in [1.82, 2.24) is 9.80 Å². The molecule has 0 bridgehead atoms. The van der Waals surface area contributed by atoms with Gasteiger partial charge < -0.3 is 9.64 Å². The van der Waals surface area contributed by atoms with E-state index in [1.165, 1.54) is 68.4 Å². The third-order valence-electron chi connectivity index (χ3n) is 7.35. The van der Waals surface area contributed by atoms with Crippen molar-refractivity contribution in [3.8, 4) is 11.8 Å². The van der Waals surface area contributed by atoms with E-state index in [4.69, 9.17) is 10.00 Å². The lowest BCUT2D eigenvalue weighted by Gasteiger charge is -2.37. The lowest BCUT2D eigenvalue weighted by atomic mass is 9.81. The highest BCUT2D eigenvalue weighted by molar-refractivity contribution is 5.47. The number of hydrogen-bond donors (Lipinski definition) is 0. The lowest BCUT2D eigenvalue weighted by Crippen LogP contribution is -2.34. The van der Waals surface area contributed by atoms with E-state index < -0.39 is 0 Å². The molecule has 0 spiro atoms. The Labute approximate surface area is 186 Å². The smallest absolute Gasteiger partial charge is 0.119 e. The minimum atomic E-state index is 0.342. The Bertz CT molecular complexity index is 926. The van der Waals surface area contributed by atoms with Crippen molar-refractivity contribution in [2.75, 3.05) is 39.3 Å². The van der Waals surface area contributed by atoms with Crippen molar-refractivity contribution in [3.63, 3.8) is 0 Å². The Balaban J connectivity index is 1.31. The highest BCUT2D eigenvalue weighted by Gasteiger charge is 2.36. The minimum Gasteiger partial charge on any atom is -0.494 e. The second-order valence-corrected chi connectivity index (χ2v) is 9.33. The minimum absolute atomic E-state index is 0.342. The molecule has 0 saturated carbocycles. The van der Waals surface area contributed by atoms with E-state index in [2.05, 4.69) is 46.2 Å². The molecule has 3 heterocycles. The van der Waals surface area contributed by atoms with Gasteiger partial charge in [0.05, 0.1) is 18.2 Å². The summed E-state index contributed by atoms with van der Waals surface area (Å²) >= 11 is 0. The zero-order chi connectivity index (χ0) is 21.0. The van der Waals surface area contributed by atoms with E-state index in [0.717, 1.165) is 37.4 Å². The fraction of sp³-hybridized carbons (Fsp3) is 0.519. The first kappa shape index (κ1) is 20.5. The summed E-state index contributed by atoms with van der Waals surface area (Å²) in [6.07, 6.45) is 7.71. The van der Waals surface area contributed by atoms with Crippen LogP contribution >= 0.6 is 0 Å². The highest BCUT2D eigenvalue weighted by Crippen LogP contribution is 2.45. The van der Waals surface area contributed by atoms with Gasteiger partial charge in [-0.3, -0.25) is 4.90 Å². The zero-order valence-electron chi connectivity index (χ0n) is 18.4. The Morgan fingerprint density at radius 1 is 0.935 bits per heavy atom. The van der Waals surface area contributed by atoms with Crippen LogP contribution in [0.15, 0.2) is 42.5 Å². The molecule has 4 heteroatoms. The third-order valence-corrected chi connectivity index (χ3v) is 7.35. The van der Waals surface area contributed by atoms with Gasteiger partial charge >= 0.3 is 0 Å². The molecule has 2 saturated heterocycles.